The first kappa shape index (κ1) is 26.5. The molecule has 0 aliphatic carbocycles. The van der Waals surface area contributed by atoms with Crippen molar-refractivity contribution in [2.45, 2.75) is 13.3 Å². The van der Waals surface area contributed by atoms with Crippen LogP contribution in [0.3, 0.4) is 0 Å². The van der Waals surface area contributed by atoms with Gasteiger partial charge < -0.3 is 24.4 Å². The van der Waals surface area contributed by atoms with Gasteiger partial charge in [-0.05, 0) is 18.2 Å². The minimum atomic E-state index is -0.449. The molecule has 0 saturated carbocycles. The lowest BCUT2D eigenvalue weighted by Crippen LogP contribution is -2.07. The third kappa shape index (κ3) is 8.20. The molecule has 0 aliphatic heterocycles. The second-order valence-corrected chi connectivity index (χ2v) is 4.98. The third-order valence-electron chi connectivity index (χ3n) is 3.31. The molecule has 2 aromatic carbocycles. The minimum absolute atomic E-state index is 0.0322. The molecule has 2 rings (SSSR count). The molecule has 0 bridgehead atoms. The molecular formula is C21H28O6P2. The summed E-state index contributed by atoms with van der Waals surface area (Å²) in [6.07, 6.45) is 0.187. The molecule has 0 amide bonds. The minimum Gasteiger partial charge on any atom is -0.504 e. The number of phenolic OH excluding ortho intramolecular Hbond substituents is 2. The third-order valence-corrected chi connectivity index (χ3v) is 3.31. The zero-order valence-corrected chi connectivity index (χ0v) is 19.6. The van der Waals surface area contributed by atoms with Gasteiger partial charge in [0.15, 0.2) is 23.0 Å². The molecule has 29 heavy (non-hydrogen) atoms. The number of aromatic hydroxyl groups is 2. The highest BCUT2D eigenvalue weighted by Crippen LogP contribution is 2.34. The number of phenols is 2. The summed E-state index contributed by atoms with van der Waals surface area (Å²) >= 11 is 0. The van der Waals surface area contributed by atoms with Crippen LogP contribution >= 0.6 is 18.5 Å². The molecular weight excluding hydrogens is 410 g/mol. The van der Waals surface area contributed by atoms with Crippen LogP contribution in [-0.4, -0.2) is 43.7 Å². The second-order valence-electron chi connectivity index (χ2n) is 4.98. The number of hydrogen-bond donors (Lipinski definition) is 2. The van der Waals surface area contributed by atoms with Crippen molar-refractivity contribution in [2.75, 3.05) is 27.5 Å². The van der Waals surface area contributed by atoms with E-state index >= 15 is 0 Å². The Kier molecular flexibility index (Phi) is 13.3. The zero-order chi connectivity index (χ0) is 22.4. The van der Waals surface area contributed by atoms with Crippen molar-refractivity contribution in [1.29, 1.82) is 0 Å². The molecule has 0 aromatic heterocycles. The molecule has 0 spiro atoms. The largest absolute Gasteiger partial charge is 0.504 e. The lowest BCUT2D eigenvalue weighted by atomic mass is 10.1. The number of carbonyl (C=O) groups excluding carboxylic acids is 1. The molecule has 0 radical (unpaired) electrons. The fourth-order valence-electron chi connectivity index (χ4n) is 2.00. The van der Waals surface area contributed by atoms with Crippen LogP contribution in [-0.2, 0) is 4.79 Å². The lowest BCUT2D eigenvalue weighted by molar-refractivity contribution is -0.134. The Labute approximate surface area is 177 Å². The van der Waals surface area contributed by atoms with Gasteiger partial charge in [-0.1, -0.05) is 32.1 Å². The van der Waals surface area contributed by atoms with Crippen LogP contribution in [0, 0.1) is 11.8 Å². The van der Waals surface area contributed by atoms with Gasteiger partial charge in [0.05, 0.1) is 19.8 Å². The fraction of sp³-hybridized carbons (Fsp3) is 0.286. The first-order chi connectivity index (χ1) is 14.0. The number of benzene rings is 2. The van der Waals surface area contributed by atoms with Crippen LogP contribution in [0.1, 0.15) is 24.5 Å². The summed E-state index contributed by atoms with van der Waals surface area (Å²) in [7, 11) is 7.70. The van der Waals surface area contributed by atoms with Crippen LogP contribution < -0.4 is 14.2 Å². The van der Waals surface area contributed by atoms with E-state index in [1.807, 2.05) is 13.3 Å². The van der Waals surface area contributed by atoms with E-state index in [-0.39, 0.29) is 29.4 Å². The maximum absolute atomic E-state index is 11.6. The predicted octanol–water partition coefficient (Wildman–Crippen LogP) is 3.81. The van der Waals surface area contributed by atoms with E-state index in [4.69, 9.17) is 14.2 Å². The van der Waals surface area contributed by atoms with E-state index in [1.54, 1.807) is 19.1 Å². The van der Waals surface area contributed by atoms with Gasteiger partial charge in [-0.2, -0.15) is 0 Å². The topological polar surface area (TPSA) is 85.2 Å². The number of esters is 1. The van der Waals surface area contributed by atoms with Gasteiger partial charge in [-0.25, -0.2) is 0 Å². The van der Waals surface area contributed by atoms with E-state index in [9.17, 15) is 15.0 Å². The fourth-order valence-corrected chi connectivity index (χ4v) is 2.00. The average molecular weight is 438 g/mol. The number of ether oxygens (including phenoxy) is 3. The quantitative estimate of drug-likeness (QED) is 0.327. The Morgan fingerprint density at radius 2 is 1.48 bits per heavy atom. The maximum Gasteiger partial charge on any atom is 0.310 e. The zero-order valence-electron chi connectivity index (χ0n) is 17.3. The van der Waals surface area contributed by atoms with Crippen LogP contribution in [0.25, 0.3) is 0 Å². The molecule has 2 atom stereocenters. The van der Waals surface area contributed by atoms with E-state index < -0.39 is 5.97 Å². The maximum atomic E-state index is 11.6. The summed E-state index contributed by atoms with van der Waals surface area (Å²) in [5.74, 6) is 5.76. The van der Waals surface area contributed by atoms with Gasteiger partial charge >= 0.3 is 5.97 Å². The second kappa shape index (κ2) is 14.5. The standard InChI is InChI=1S/C19H18O6.2CH5P/c1-4-19(22)25-17-11-15(21)18(24-3)10-13(17)7-5-12-6-8-16(23-2)14(20)9-12;2*1-2/h6,8-11,20-21H,4H2,1-3H3;2*2H2,1H3. The number of methoxy groups -OCH3 is 2. The van der Waals surface area contributed by atoms with Crippen LogP contribution in [0.4, 0.5) is 0 Å². The Balaban J connectivity index is 0.00000184. The van der Waals surface area contributed by atoms with Crippen molar-refractivity contribution < 1.29 is 29.2 Å². The molecule has 8 heteroatoms. The summed E-state index contributed by atoms with van der Waals surface area (Å²) in [5, 5.41) is 19.7. The van der Waals surface area contributed by atoms with Gasteiger partial charge in [0.2, 0.25) is 0 Å². The highest BCUT2D eigenvalue weighted by atomic mass is 31.0. The SMILES string of the molecule is CCC(=O)Oc1cc(O)c(OC)cc1C#Cc1ccc(OC)c(O)c1.CP.CP. The molecule has 0 fully saturated rings. The van der Waals surface area contributed by atoms with Gasteiger partial charge in [0.25, 0.3) is 0 Å². The van der Waals surface area contributed by atoms with Gasteiger partial charge in [-0.3, -0.25) is 4.79 Å². The lowest BCUT2D eigenvalue weighted by Gasteiger charge is -2.09. The van der Waals surface area contributed by atoms with Crippen molar-refractivity contribution >= 4 is 24.4 Å². The molecule has 6 nitrogen and oxygen atoms in total. The Bertz CT molecular complexity index is 856. The smallest absolute Gasteiger partial charge is 0.310 e. The van der Waals surface area contributed by atoms with Crippen molar-refractivity contribution in [1.82, 2.24) is 0 Å². The highest BCUT2D eigenvalue weighted by Gasteiger charge is 2.12. The summed E-state index contributed by atoms with van der Waals surface area (Å²) in [5.41, 5.74) is 0.907. The van der Waals surface area contributed by atoms with Crippen molar-refractivity contribution in [2.24, 2.45) is 0 Å². The summed E-state index contributed by atoms with van der Waals surface area (Å²) in [6, 6.07) is 7.49. The van der Waals surface area contributed by atoms with Crippen LogP contribution in [0.15, 0.2) is 30.3 Å². The molecule has 158 valence electrons. The van der Waals surface area contributed by atoms with E-state index in [1.165, 1.54) is 32.4 Å². The molecule has 0 saturated heterocycles. The number of carbonyl (C=O) groups is 1. The first-order valence-electron chi connectivity index (χ1n) is 8.64. The number of rotatable bonds is 4. The average Bonchev–Trinajstić information content (AvgIpc) is 2.76. The van der Waals surface area contributed by atoms with Crippen LogP contribution in [0.5, 0.6) is 28.7 Å². The first-order valence-corrected chi connectivity index (χ1v) is 11.0. The van der Waals surface area contributed by atoms with Gasteiger partial charge in [0, 0.05) is 24.1 Å². The van der Waals surface area contributed by atoms with Crippen LogP contribution in [0.2, 0.25) is 0 Å². The molecule has 0 heterocycles. The van der Waals surface area contributed by atoms with E-state index in [0.29, 0.717) is 16.9 Å². The van der Waals surface area contributed by atoms with E-state index in [2.05, 4.69) is 30.3 Å². The number of hydrogen-bond acceptors (Lipinski definition) is 6. The monoisotopic (exact) mass is 438 g/mol. The molecule has 2 N–H and O–H groups in total. The predicted molar refractivity (Wildman–Crippen MR) is 122 cm³/mol. The van der Waals surface area contributed by atoms with Gasteiger partial charge in [-0.15, -0.1) is 18.5 Å². The van der Waals surface area contributed by atoms with Crippen molar-refractivity contribution in [3.8, 4) is 40.6 Å². The normalized spacial score (nSPS) is 8.79. The summed E-state index contributed by atoms with van der Waals surface area (Å²) < 4.78 is 15.2. The van der Waals surface area contributed by atoms with Crippen molar-refractivity contribution in [3.63, 3.8) is 0 Å². The Hall–Kier alpha value is -2.47. The summed E-state index contributed by atoms with van der Waals surface area (Å²) in [6.45, 7) is 5.50. The van der Waals surface area contributed by atoms with E-state index in [0.717, 1.165) is 0 Å². The molecule has 2 unspecified atom stereocenters. The Morgan fingerprint density at radius 3 is 2.00 bits per heavy atom. The highest BCUT2D eigenvalue weighted by molar-refractivity contribution is 7.15. The Morgan fingerprint density at radius 1 is 0.897 bits per heavy atom. The molecule has 2 aromatic rings. The van der Waals surface area contributed by atoms with Crippen molar-refractivity contribution in [3.05, 3.63) is 41.5 Å². The molecule has 0 aliphatic rings. The summed E-state index contributed by atoms with van der Waals surface area (Å²) in [4.78, 5) is 11.6. The van der Waals surface area contributed by atoms with Gasteiger partial charge in [0.1, 0.15) is 5.75 Å².